The van der Waals surface area contributed by atoms with Crippen LogP contribution in [0.3, 0.4) is 0 Å². The number of aliphatic carboxylic acids is 3. The summed E-state index contributed by atoms with van der Waals surface area (Å²) in [6.07, 6.45) is 2.55. The first-order chi connectivity index (χ1) is 8.31. The molecular weight excluding hydrogens is 450 g/mol. The van der Waals surface area contributed by atoms with Crippen molar-refractivity contribution in [2.24, 2.45) is 0 Å². The molecule has 0 atom stereocenters. The van der Waals surface area contributed by atoms with Crippen LogP contribution in [0.15, 0.2) is 0 Å². The Morgan fingerprint density at radius 3 is 0.696 bits per heavy atom. The molecule has 0 aromatic rings. The molecule has 0 saturated heterocycles. The molecule has 0 aromatic carbocycles. The molecule has 0 saturated carbocycles. The van der Waals surface area contributed by atoms with Gasteiger partial charge in [0, 0.05) is 17.9 Å². The zero-order valence-electron chi connectivity index (χ0n) is 13.1. The third-order valence-electron chi connectivity index (χ3n) is 1.36. The zero-order chi connectivity index (χ0) is 15.0. The monoisotopic (exact) mass is 470 g/mol. The van der Waals surface area contributed by atoms with Gasteiger partial charge in [-0.25, -0.2) is 0 Å². The van der Waals surface area contributed by atoms with E-state index in [0.717, 1.165) is 0 Å². The number of hydrogen-bond donors (Lipinski definition) is 0. The van der Waals surface area contributed by atoms with E-state index in [9.17, 15) is 29.7 Å². The van der Waals surface area contributed by atoms with Gasteiger partial charge in [-0.2, -0.15) is 0 Å². The molecule has 2 radical (unpaired) electrons. The van der Waals surface area contributed by atoms with E-state index in [2.05, 4.69) is 0 Å². The Labute approximate surface area is 178 Å². The summed E-state index contributed by atoms with van der Waals surface area (Å²) in [5.41, 5.74) is 0. The van der Waals surface area contributed by atoms with Crippen molar-refractivity contribution >= 4 is 17.9 Å². The van der Waals surface area contributed by atoms with E-state index < -0.39 is 17.9 Å². The number of carbonyl (C=O) groups excluding carboxylic acids is 3. The predicted octanol–water partition coefficient (Wildman–Crippen LogP) is -10.4. The van der Waals surface area contributed by atoms with E-state index >= 15 is 0 Å². The van der Waals surface area contributed by atoms with Crippen LogP contribution in [-0.4, -0.2) is 17.9 Å². The topological polar surface area (TPSA) is 120 Å². The van der Waals surface area contributed by atoms with Crippen LogP contribution in [0.2, 0.25) is 0 Å². The number of carboxylic acids is 3. The molecule has 0 rings (SSSR count). The van der Waals surface area contributed by atoms with E-state index in [1.54, 1.807) is 20.8 Å². The molecule has 0 aliphatic heterocycles. The molecule has 0 aromatic heterocycles. The normalized spacial score (nSPS) is 6.39. The van der Waals surface area contributed by atoms with E-state index in [1.807, 2.05) is 0 Å². The van der Waals surface area contributed by atoms with Crippen LogP contribution in [0.5, 0.6) is 0 Å². The fraction of sp³-hybridized carbons (Fsp3) is 0.750. The van der Waals surface area contributed by atoms with E-state index in [1.165, 1.54) is 0 Å². The van der Waals surface area contributed by atoms with Gasteiger partial charge < -0.3 is 66.9 Å². The first-order valence-electron chi connectivity index (χ1n) is 5.91. The fourth-order valence-electron chi connectivity index (χ4n) is 0.612. The number of carboxylic acid groups (broad SMARTS) is 3. The van der Waals surface area contributed by atoms with Crippen molar-refractivity contribution in [1.29, 1.82) is 0 Å². The third kappa shape index (κ3) is 106. The number of rotatable bonds is 6. The number of carbonyl (C=O) groups is 3. The van der Waals surface area contributed by atoms with Crippen LogP contribution in [0.25, 0.3) is 0 Å². The van der Waals surface area contributed by atoms with Gasteiger partial charge in [0.1, 0.15) is 0 Å². The van der Waals surface area contributed by atoms with Crippen LogP contribution in [0, 0.1) is 0 Å². The fourth-order valence-corrected chi connectivity index (χ4v) is 0.612. The summed E-state index contributed by atoms with van der Waals surface area (Å²) in [6, 6.07) is 0. The zero-order valence-corrected chi connectivity index (χ0v) is 18.0. The summed E-state index contributed by atoms with van der Waals surface area (Å²) in [6.45, 7) is 5.40. The Kier molecular flexibility index (Phi) is 93.1. The molecule has 0 amide bonds. The van der Waals surface area contributed by atoms with Gasteiger partial charge in [0.05, 0.1) is 0 Å². The minimum Gasteiger partial charge on any atom is -1.00 e. The molecule has 0 bridgehead atoms. The smallest absolute Gasteiger partial charge is 1.00 e. The minimum absolute atomic E-state index is 0. The van der Waals surface area contributed by atoms with Crippen molar-refractivity contribution < 1.29 is 102 Å². The van der Waals surface area contributed by atoms with Gasteiger partial charge in [0.25, 0.3) is 0 Å². The molecule has 0 heterocycles. The Morgan fingerprint density at radius 1 is 0.565 bits per heavy atom. The van der Waals surface area contributed by atoms with Gasteiger partial charge in [-0.3, -0.25) is 0 Å². The average Bonchev–Trinajstić information content (AvgIpc) is 2.18. The van der Waals surface area contributed by atoms with Crippen LogP contribution in [0.1, 0.15) is 59.3 Å². The summed E-state index contributed by atoms with van der Waals surface area (Å²) in [5, 5.41) is 28.5. The maximum atomic E-state index is 9.49. The SMILES string of the molecule is CCCC(=O)[O-].CCCC(=O)[O-].CCCC(=O)[O-].[Cl-].[Cl-].[Cl-].[Cr+3].[Cr+3]. The molecule has 0 spiro atoms. The second kappa shape index (κ2) is 43.2. The molecule has 0 aliphatic carbocycles. The van der Waals surface area contributed by atoms with Crippen LogP contribution >= 0.6 is 0 Å². The molecule has 0 aliphatic rings. The van der Waals surface area contributed by atoms with Crippen molar-refractivity contribution in [1.82, 2.24) is 0 Å². The Balaban J connectivity index is -0.0000000221. The van der Waals surface area contributed by atoms with Gasteiger partial charge in [-0.05, 0) is 19.3 Å². The second-order valence-electron chi connectivity index (χ2n) is 3.37. The minimum atomic E-state index is -0.961. The van der Waals surface area contributed by atoms with Crippen LogP contribution in [0.4, 0.5) is 0 Å². The summed E-state index contributed by atoms with van der Waals surface area (Å²) in [7, 11) is 0. The predicted molar refractivity (Wildman–Crippen MR) is 59.7 cm³/mol. The van der Waals surface area contributed by atoms with Crippen LogP contribution in [-0.2, 0) is 49.1 Å². The molecule has 0 N–H and O–H groups in total. The van der Waals surface area contributed by atoms with Gasteiger partial charge >= 0.3 is 34.7 Å². The molecule has 0 unspecified atom stereocenters. The first-order valence-corrected chi connectivity index (χ1v) is 5.91. The summed E-state index contributed by atoms with van der Waals surface area (Å²) in [4.78, 5) is 28.5. The van der Waals surface area contributed by atoms with Crippen molar-refractivity contribution in [2.75, 3.05) is 0 Å². The molecular formula is C12H21Cl3Cr2O6. The molecule has 11 heteroatoms. The average molecular weight is 472 g/mol. The first kappa shape index (κ1) is 49.5. The summed E-state index contributed by atoms with van der Waals surface area (Å²) in [5.74, 6) is -2.88. The number of hydrogen-bond acceptors (Lipinski definition) is 6. The maximum absolute atomic E-state index is 9.49. The standard InChI is InChI=1S/3C4H8O2.3ClH.2Cr/c3*1-2-3-4(5)6;;;;;/h3*2-3H2,1H3,(H,5,6);3*1H;;/q;;;;;;2*+3/p-6. The number of halogens is 3. The maximum Gasteiger partial charge on any atom is 3.00 e. The second-order valence-corrected chi connectivity index (χ2v) is 3.37. The van der Waals surface area contributed by atoms with Crippen molar-refractivity contribution in [3.63, 3.8) is 0 Å². The van der Waals surface area contributed by atoms with Crippen molar-refractivity contribution in [2.45, 2.75) is 59.3 Å². The Morgan fingerprint density at radius 2 is 0.696 bits per heavy atom. The molecule has 6 nitrogen and oxygen atoms in total. The van der Waals surface area contributed by atoms with Gasteiger partial charge in [0.15, 0.2) is 0 Å². The quantitative estimate of drug-likeness (QED) is 0.379. The summed E-state index contributed by atoms with van der Waals surface area (Å²) >= 11 is 0. The third-order valence-corrected chi connectivity index (χ3v) is 1.36. The Hall–Kier alpha value is 0.345. The molecule has 0 fully saturated rings. The van der Waals surface area contributed by atoms with Crippen molar-refractivity contribution in [3.05, 3.63) is 0 Å². The van der Waals surface area contributed by atoms with E-state index in [4.69, 9.17) is 0 Å². The molecule has 23 heavy (non-hydrogen) atoms. The van der Waals surface area contributed by atoms with E-state index in [-0.39, 0.29) is 91.2 Å². The summed E-state index contributed by atoms with van der Waals surface area (Å²) < 4.78 is 0. The van der Waals surface area contributed by atoms with Gasteiger partial charge in [-0.15, -0.1) is 0 Å². The van der Waals surface area contributed by atoms with Crippen LogP contribution < -0.4 is 52.5 Å². The van der Waals surface area contributed by atoms with Gasteiger partial charge in [-0.1, -0.05) is 40.0 Å². The molecule has 138 valence electrons. The largest absolute Gasteiger partial charge is 3.00 e. The van der Waals surface area contributed by atoms with Gasteiger partial charge in [0.2, 0.25) is 0 Å². The Bertz CT molecular complexity index is 209. The van der Waals surface area contributed by atoms with E-state index in [0.29, 0.717) is 19.3 Å². The van der Waals surface area contributed by atoms with Crippen molar-refractivity contribution in [3.8, 4) is 0 Å².